The second kappa shape index (κ2) is 8.02. The average molecular weight is 455 g/mol. The summed E-state index contributed by atoms with van der Waals surface area (Å²) in [5.74, 6) is 0.740. The highest BCUT2D eigenvalue weighted by Crippen LogP contribution is 2.41. The van der Waals surface area contributed by atoms with Gasteiger partial charge < -0.3 is 14.8 Å². The molecule has 2 heterocycles. The van der Waals surface area contributed by atoms with Crippen molar-refractivity contribution < 1.29 is 18.3 Å². The smallest absolute Gasteiger partial charge is 0.273 e. The molecule has 1 atom stereocenters. The Balaban J connectivity index is 1.77. The van der Waals surface area contributed by atoms with Crippen LogP contribution in [-0.4, -0.2) is 33.8 Å². The molecular formula is C24H26N2O5S. The summed E-state index contributed by atoms with van der Waals surface area (Å²) in [5.41, 5.74) is 1.78. The number of aromatic amines is 1. The molecule has 0 saturated carbocycles. The molecule has 168 valence electrons. The fourth-order valence-electron chi connectivity index (χ4n) is 3.98. The highest BCUT2D eigenvalue weighted by Gasteiger charge is 2.43. The van der Waals surface area contributed by atoms with Gasteiger partial charge in [-0.15, -0.1) is 0 Å². The molecule has 0 fully saturated rings. The molecule has 32 heavy (non-hydrogen) atoms. The summed E-state index contributed by atoms with van der Waals surface area (Å²) in [6.45, 7) is 5.99. The minimum Gasteiger partial charge on any atom is -0.508 e. The normalized spacial score (nSPS) is 19.0. The van der Waals surface area contributed by atoms with Gasteiger partial charge in [-0.2, -0.15) is 0 Å². The minimum atomic E-state index is -3.95. The lowest BCUT2D eigenvalue weighted by molar-refractivity contribution is 0.316. The van der Waals surface area contributed by atoms with Crippen LogP contribution in [-0.2, 0) is 10.0 Å². The summed E-state index contributed by atoms with van der Waals surface area (Å²) >= 11 is 0. The maximum absolute atomic E-state index is 13.7. The van der Waals surface area contributed by atoms with Crippen LogP contribution in [0.4, 0.5) is 0 Å². The summed E-state index contributed by atoms with van der Waals surface area (Å²) in [5, 5.41) is 10.6. The van der Waals surface area contributed by atoms with Crippen molar-refractivity contribution in [1.29, 1.82) is 0 Å². The van der Waals surface area contributed by atoms with Crippen molar-refractivity contribution in [2.24, 2.45) is 0 Å². The number of phenolic OH excluding ortho intramolecular Hbond substituents is 1. The molecule has 0 radical (unpaired) electrons. The van der Waals surface area contributed by atoms with Gasteiger partial charge in [0, 0.05) is 23.3 Å². The molecule has 7 nitrogen and oxygen atoms in total. The number of ether oxygens (including phenoxy) is 1. The maximum atomic E-state index is 13.7. The first-order valence-corrected chi connectivity index (χ1v) is 11.9. The number of aromatic nitrogens is 2. The summed E-state index contributed by atoms with van der Waals surface area (Å²) < 4.78 is 33.1. The standard InChI is InChI=1S/C24H26N2O5S/c1-4-13-31-21-6-5-19(27)15-20(21)18-7-10-24(3,16(2)14-18)32(29,30)26-12-9-17-8-11-25-23(28)22(17)26/h5-9,11-12,14-15,27H,4,10,13H2,1-3H3,(H,25,28). The first kappa shape index (κ1) is 22.0. The fraction of sp³-hybridized carbons (Fsp3) is 0.292. The third-order valence-electron chi connectivity index (χ3n) is 6.06. The average Bonchev–Trinajstić information content (AvgIpc) is 3.21. The summed E-state index contributed by atoms with van der Waals surface area (Å²) in [7, 11) is -3.95. The van der Waals surface area contributed by atoms with Gasteiger partial charge in [0.25, 0.3) is 5.56 Å². The SMILES string of the molecule is CCCOc1ccc(O)cc1C1=CCC(C)(S(=O)(=O)n2ccc3cc[nH]c(=O)c32)C(C)=C1. The van der Waals surface area contributed by atoms with Gasteiger partial charge in [-0.3, -0.25) is 4.79 Å². The van der Waals surface area contributed by atoms with E-state index in [0.29, 0.717) is 28.9 Å². The molecule has 0 aliphatic heterocycles. The second-order valence-electron chi connectivity index (χ2n) is 8.18. The van der Waals surface area contributed by atoms with Crippen LogP contribution in [0.15, 0.2) is 65.2 Å². The number of hydrogen-bond acceptors (Lipinski definition) is 5. The van der Waals surface area contributed by atoms with Gasteiger partial charge in [0.1, 0.15) is 21.8 Å². The summed E-state index contributed by atoms with van der Waals surface area (Å²) in [4.78, 5) is 14.9. The molecule has 0 amide bonds. The van der Waals surface area contributed by atoms with E-state index in [-0.39, 0.29) is 17.7 Å². The van der Waals surface area contributed by atoms with E-state index in [9.17, 15) is 18.3 Å². The zero-order chi connectivity index (χ0) is 23.1. The van der Waals surface area contributed by atoms with Crippen LogP contribution < -0.4 is 10.3 Å². The van der Waals surface area contributed by atoms with Crippen LogP contribution in [0, 0.1) is 0 Å². The van der Waals surface area contributed by atoms with Crippen LogP contribution in [0.2, 0.25) is 0 Å². The maximum Gasteiger partial charge on any atom is 0.273 e. The van der Waals surface area contributed by atoms with Crippen LogP contribution in [0.5, 0.6) is 11.5 Å². The molecule has 1 aliphatic rings. The van der Waals surface area contributed by atoms with Crippen LogP contribution in [0.25, 0.3) is 16.5 Å². The molecular weight excluding hydrogens is 428 g/mol. The first-order valence-electron chi connectivity index (χ1n) is 10.5. The molecule has 2 N–H and O–H groups in total. The third-order valence-corrected chi connectivity index (χ3v) is 8.51. The van der Waals surface area contributed by atoms with Crippen molar-refractivity contribution in [3.63, 3.8) is 0 Å². The summed E-state index contributed by atoms with van der Waals surface area (Å²) in [6.07, 6.45) is 7.63. The van der Waals surface area contributed by atoms with Crippen molar-refractivity contribution >= 4 is 26.5 Å². The molecule has 1 aliphatic carbocycles. The number of pyridine rings is 1. The fourth-order valence-corrected chi connectivity index (χ4v) is 5.82. The van der Waals surface area contributed by atoms with Crippen molar-refractivity contribution in [1.82, 2.24) is 8.96 Å². The number of allylic oxidation sites excluding steroid dienone is 3. The van der Waals surface area contributed by atoms with Gasteiger partial charge in [0.05, 0.1) is 6.61 Å². The number of rotatable bonds is 6. The largest absolute Gasteiger partial charge is 0.508 e. The van der Waals surface area contributed by atoms with Crippen molar-refractivity contribution in [3.05, 3.63) is 76.4 Å². The van der Waals surface area contributed by atoms with E-state index in [1.807, 2.05) is 19.1 Å². The second-order valence-corrected chi connectivity index (χ2v) is 10.4. The Morgan fingerprint density at radius 3 is 2.75 bits per heavy atom. The Bertz CT molecular complexity index is 1410. The number of aromatic hydroxyl groups is 1. The van der Waals surface area contributed by atoms with Gasteiger partial charge in [0.15, 0.2) is 0 Å². The van der Waals surface area contributed by atoms with Crippen molar-refractivity contribution in [2.45, 2.75) is 38.4 Å². The number of phenols is 1. The van der Waals surface area contributed by atoms with Gasteiger partial charge in [-0.1, -0.05) is 19.1 Å². The van der Waals surface area contributed by atoms with Crippen molar-refractivity contribution in [3.8, 4) is 11.5 Å². The van der Waals surface area contributed by atoms with E-state index in [4.69, 9.17) is 4.74 Å². The molecule has 1 unspecified atom stereocenters. The van der Waals surface area contributed by atoms with Crippen LogP contribution in [0.1, 0.15) is 39.2 Å². The monoisotopic (exact) mass is 454 g/mol. The Kier molecular flexibility index (Phi) is 5.50. The molecule has 0 saturated heterocycles. The Morgan fingerprint density at radius 1 is 1.25 bits per heavy atom. The molecule has 3 aromatic rings. The lowest BCUT2D eigenvalue weighted by atomic mass is 9.87. The minimum absolute atomic E-state index is 0.106. The highest BCUT2D eigenvalue weighted by molar-refractivity contribution is 7.91. The number of hydrogen-bond donors (Lipinski definition) is 2. The Labute approximate surface area is 186 Å². The lowest BCUT2D eigenvalue weighted by Gasteiger charge is -2.33. The van der Waals surface area contributed by atoms with Gasteiger partial charge in [-0.25, -0.2) is 12.4 Å². The highest BCUT2D eigenvalue weighted by atomic mass is 32.2. The molecule has 2 aromatic heterocycles. The van der Waals surface area contributed by atoms with Crippen molar-refractivity contribution in [2.75, 3.05) is 6.61 Å². The predicted molar refractivity (Wildman–Crippen MR) is 126 cm³/mol. The van der Waals surface area contributed by atoms with Gasteiger partial charge in [0.2, 0.25) is 10.0 Å². The van der Waals surface area contributed by atoms with E-state index < -0.39 is 20.3 Å². The predicted octanol–water partition coefficient (Wildman–Crippen LogP) is 4.19. The zero-order valence-corrected chi connectivity index (χ0v) is 19.1. The number of nitrogens with zero attached hydrogens (tertiary/aromatic N) is 1. The van der Waals surface area contributed by atoms with E-state index in [2.05, 4.69) is 4.98 Å². The topological polar surface area (TPSA) is 101 Å². The Hall–Kier alpha value is -3.26. The van der Waals surface area contributed by atoms with E-state index in [0.717, 1.165) is 16.0 Å². The van der Waals surface area contributed by atoms with E-state index in [1.54, 1.807) is 44.2 Å². The number of H-pyrrole nitrogens is 1. The quantitative estimate of drug-likeness (QED) is 0.581. The molecule has 0 spiro atoms. The molecule has 0 bridgehead atoms. The third kappa shape index (κ3) is 3.44. The number of nitrogens with one attached hydrogen (secondary N) is 1. The van der Waals surface area contributed by atoms with Crippen LogP contribution in [0.3, 0.4) is 0 Å². The Morgan fingerprint density at radius 2 is 2.03 bits per heavy atom. The van der Waals surface area contributed by atoms with Gasteiger partial charge >= 0.3 is 0 Å². The molecule has 8 heteroatoms. The zero-order valence-electron chi connectivity index (χ0n) is 18.3. The van der Waals surface area contributed by atoms with Crippen LogP contribution >= 0.6 is 0 Å². The van der Waals surface area contributed by atoms with E-state index >= 15 is 0 Å². The number of fused-ring (bicyclic) bond motifs is 1. The van der Waals surface area contributed by atoms with E-state index in [1.165, 1.54) is 12.4 Å². The van der Waals surface area contributed by atoms with Gasteiger partial charge in [-0.05, 0) is 68.2 Å². The molecule has 4 rings (SSSR count). The first-order chi connectivity index (χ1) is 15.2. The summed E-state index contributed by atoms with van der Waals surface area (Å²) in [6, 6.07) is 8.20. The molecule has 1 aromatic carbocycles. The number of benzene rings is 1. The lowest BCUT2D eigenvalue weighted by Crippen LogP contribution is -2.41.